The van der Waals surface area contributed by atoms with Crippen molar-refractivity contribution < 1.29 is 14.4 Å². The van der Waals surface area contributed by atoms with Crippen LogP contribution >= 0.6 is 0 Å². The Morgan fingerprint density at radius 1 is 1.12 bits per heavy atom. The van der Waals surface area contributed by atoms with Crippen molar-refractivity contribution in [1.82, 2.24) is 25.5 Å². The lowest BCUT2D eigenvalue weighted by Crippen LogP contribution is -2.50. The van der Waals surface area contributed by atoms with Gasteiger partial charge in [0, 0.05) is 18.0 Å². The first-order valence-corrected chi connectivity index (χ1v) is 8.67. The van der Waals surface area contributed by atoms with E-state index in [0.717, 1.165) is 30.0 Å². The normalized spacial score (nSPS) is 18.8. The Morgan fingerprint density at radius 2 is 1.85 bits per heavy atom. The van der Waals surface area contributed by atoms with Gasteiger partial charge in [0.2, 0.25) is 0 Å². The molecule has 8 heteroatoms. The molecule has 2 heterocycles. The Hall–Kier alpha value is -3.16. The molecule has 1 aromatic carbocycles. The van der Waals surface area contributed by atoms with E-state index in [1.165, 1.54) is 0 Å². The lowest BCUT2D eigenvalue weighted by molar-refractivity contribution is -0.134. The topological polar surface area (TPSA) is 96.3 Å². The molecule has 0 unspecified atom stereocenters. The van der Waals surface area contributed by atoms with Crippen molar-refractivity contribution in [1.29, 1.82) is 0 Å². The number of hydrogen-bond donors (Lipinski definition) is 2. The fraction of sp³-hybridized carbons (Fsp3) is 0.333. The van der Waals surface area contributed by atoms with Gasteiger partial charge in [0.1, 0.15) is 5.54 Å². The molecule has 2 aliphatic rings. The van der Waals surface area contributed by atoms with Gasteiger partial charge in [-0.05, 0) is 43.2 Å². The van der Waals surface area contributed by atoms with E-state index in [-0.39, 0.29) is 5.91 Å². The summed E-state index contributed by atoms with van der Waals surface area (Å²) in [6.07, 6.45) is 7.53. The molecule has 1 saturated carbocycles. The zero-order valence-corrected chi connectivity index (χ0v) is 14.1. The molecule has 4 rings (SSSR count). The smallest absolute Gasteiger partial charge is 0.322 e. The number of hydrogen-bond acceptors (Lipinski definition) is 4. The molecular weight excluding hydrogens is 334 g/mol. The molecule has 26 heavy (non-hydrogen) atoms. The number of hydrazine groups is 1. The second-order valence-corrected chi connectivity index (χ2v) is 6.65. The Kier molecular flexibility index (Phi) is 3.95. The minimum atomic E-state index is -0.855. The number of carbonyl (C=O) groups excluding carboxylic acids is 3. The molecule has 1 aliphatic heterocycles. The number of nitrogens with one attached hydrogen (secondary N) is 2. The Bertz CT molecular complexity index is 838. The number of amides is 4. The van der Waals surface area contributed by atoms with Gasteiger partial charge in [0.25, 0.3) is 11.8 Å². The molecule has 8 nitrogen and oxygen atoms in total. The predicted molar refractivity (Wildman–Crippen MR) is 92.2 cm³/mol. The molecule has 2 fully saturated rings. The summed E-state index contributed by atoms with van der Waals surface area (Å²) in [5.74, 6) is -0.878. The van der Waals surface area contributed by atoms with Crippen LogP contribution in [0, 0.1) is 0 Å². The highest BCUT2D eigenvalue weighted by atomic mass is 16.2. The second kappa shape index (κ2) is 6.29. The third-order valence-corrected chi connectivity index (χ3v) is 4.98. The van der Waals surface area contributed by atoms with Crippen LogP contribution in [0.2, 0.25) is 0 Å². The fourth-order valence-electron chi connectivity index (χ4n) is 3.57. The van der Waals surface area contributed by atoms with Gasteiger partial charge in [-0.15, -0.1) is 0 Å². The monoisotopic (exact) mass is 353 g/mol. The summed E-state index contributed by atoms with van der Waals surface area (Å²) in [4.78, 5) is 37.3. The SMILES string of the molecule is O=C(NN1C(=O)NC2(CCCCC2)C1=O)c1ccc(-n2cccn2)cc1. The van der Waals surface area contributed by atoms with Crippen molar-refractivity contribution in [2.24, 2.45) is 0 Å². The number of rotatable bonds is 3. The standard InChI is InChI=1S/C18H19N5O3/c24-15(13-5-7-14(8-6-13)22-12-4-11-19-22)21-23-16(25)18(20-17(23)26)9-2-1-3-10-18/h4-8,11-12H,1-3,9-10H2,(H,20,26)(H,21,24). The fourth-order valence-corrected chi connectivity index (χ4v) is 3.57. The van der Waals surface area contributed by atoms with Crippen LogP contribution < -0.4 is 10.7 Å². The van der Waals surface area contributed by atoms with E-state index >= 15 is 0 Å². The van der Waals surface area contributed by atoms with Crippen molar-refractivity contribution in [3.8, 4) is 5.69 Å². The average Bonchev–Trinajstić information content (AvgIpc) is 3.27. The van der Waals surface area contributed by atoms with Crippen molar-refractivity contribution in [2.75, 3.05) is 0 Å². The van der Waals surface area contributed by atoms with E-state index in [1.807, 2.05) is 0 Å². The van der Waals surface area contributed by atoms with Crippen LogP contribution in [0.1, 0.15) is 42.5 Å². The van der Waals surface area contributed by atoms with Gasteiger partial charge in [0.05, 0.1) is 5.69 Å². The quantitative estimate of drug-likeness (QED) is 0.822. The third-order valence-electron chi connectivity index (χ3n) is 4.98. The highest BCUT2D eigenvalue weighted by Crippen LogP contribution is 2.33. The lowest BCUT2D eigenvalue weighted by atomic mass is 9.82. The van der Waals surface area contributed by atoms with Crippen LogP contribution in [0.5, 0.6) is 0 Å². The lowest BCUT2D eigenvalue weighted by Gasteiger charge is -2.30. The van der Waals surface area contributed by atoms with Gasteiger partial charge in [-0.25, -0.2) is 9.48 Å². The number of nitrogens with zero attached hydrogens (tertiary/aromatic N) is 3. The van der Waals surface area contributed by atoms with Crippen LogP contribution in [0.15, 0.2) is 42.7 Å². The van der Waals surface area contributed by atoms with E-state index in [9.17, 15) is 14.4 Å². The van der Waals surface area contributed by atoms with Gasteiger partial charge in [-0.3, -0.25) is 15.0 Å². The van der Waals surface area contributed by atoms with E-state index in [4.69, 9.17) is 0 Å². The van der Waals surface area contributed by atoms with Gasteiger partial charge in [-0.1, -0.05) is 19.3 Å². The van der Waals surface area contributed by atoms with Crippen LogP contribution in [-0.2, 0) is 4.79 Å². The molecule has 2 N–H and O–H groups in total. The zero-order valence-electron chi connectivity index (χ0n) is 14.1. The maximum Gasteiger partial charge on any atom is 0.344 e. The van der Waals surface area contributed by atoms with Crippen LogP contribution in [-0.4, -0.2) is 38.2 Å². The Labute approximate surface area is 150 Å². The second-order valence-electron chi connectivity index (χ2n) is 6.65. The Morgan fingerprint density at radius 3 is 2.50 bits per heavy atom. The van der Waals surface area contributed by atoms with Crippen molar-refractivity contribution in [3.63, 3.8) is 0 Å². The number of aromatic nitrogens is 2. The van der Waals surface area contributed by atoms with E-state index in [0.29, 0.717) is 18.4 Å². The number of benzene rings is 1. The highest BCUT2D eigenvalue weighted by molar-refractivity contribution is 6.09. The van der Waals surface area contributed by atoms with Crippen LogP contribution in [0.4, 0.5) is 4.79 Å². The van der Waals surface area contributed by atoms with Crippen molar-refractivity contribution in [3.05, 3.63) is 48.3 Å². The molecule has 0 radical (unpaired) electrons. The molecule has 2 aromatic rings. The summed E-state index contributed by atoms with van der Waals surface area (Å²) >= 11 is 0. The van der Waals surface area contributed by atoms with Gasteiger partial charge < -0.3 is 5.32 Å². The van der Waals surface area contributed by atoms with Gasteiger partial charge in [-0.2, -0.15) is 10.1 Å². The van der Waals surface area contributed by atoms with E-state index in [2.05, 4.69) is 15.8 Å². The number of carbonyl (C=O) groups is 3. The van der Waals surface area contributed by atoms with E-state index in [1.54, 1.807) is 47.4 Å². The molecule has 1 spiro atoms. The first-order valence-electron chi connectivity index (χ1n) is 8.67. The predicted octanol–water partition coefficient (Wildman–Crippen LogP) is 1.77. The summed E-state index contributed by atoms with van der Waals surface area (Å²) in [6, 6.07) is 7.98. The molecule has 0 atom stereocenters. The Balaban J connectivity index is 1.47. The summed E-state index contributed by atoms with van der Waals surface area (Å²) in [5.41, 5.74) is 2.74. The van der Waals surface area contributed by atoms with Crippen LogP contribution in [0.3, 0.4) is 0 Å². The first-order chi connectivity index (χ1) is 12.6. The van der Waals surface area contributed by atoms with Gasteiger partial charge in [0.15, 0.2) is 0 Å². The first kappa shape index (κ1) is 16.3. The summed E-state index contributed by atoms with van der Waals surface area (Å²) < 4.78 is 1.67. The number of imide groups is 1. The molecule has 4 amide bonds. The molecule has 1 aliphatic carbocycles. The van der Waals surface area contributed by atoms with Crippen molar-refractivity contribution >= 4 is 17.8 Å². The average molecular weight is 353 g/mol. The van der Waals surface area contributed by atoms with Gasteiger partial charge >= 0.3 is 6.03 Å². The minimum Gasteiger partial charge on any atom is -0.322 e. The summed E-state index contributed by atoms with van der Waals surface area (Å²) in [7, 11) is 0. The summed E-state index contributed by atoms with van der Waals surface area (Å²) in [6.45, 7) is 0. The zero-order chi connectivity index (χ0) is 18.1. The molecule has 0 bridgehead atoms. The number of urea groups is 1. The maximum atomic E-state index is 12.7. The molecule has 134 valence electrons. The van der Waals surface area contributed by atoms with E-state index < -0.39 is 17.5 Å². The largest absolute Gasteiger partial charge is 0.344 e. The third kappa shape index (κ3) is 2.73. The maximum absolute atomic E-state index is 12.7. The van der Waals surface area contributed by atoms with Crippen LogP contribution in [0.25, 0.3) is 5.69 Å². The minimum absolute atomic E-state index is 0.353. The van der Waals surface area contributed by atoms with Crippen molar-refractivity contribution in [2.45, 2.75) is 37.6 Å². The summed E-state index contributed by atoms with van der Waals surface area (Å²) in [5, 5.41) is 7.70. The molecule has 1 saturated heterocycles. The molecular formula is C18H19N5O3. The highest BCUT2D eigenvalue weighted by Gasteiger charge is 2.52. The molecule has 1 aromatic heterocycles.